The number of rotatable bonds is 5. The van der Waals surface area contributed by atoms with Crippen LogP contribution in [0.1, 0.15) is 23.1 Å². The van der Waals surface area contributed by atoms with Crippen molar-refractivity contribution in [2.45, 2.75) is 31.1 Å². The molecule has 1 aliphatic carbocycles. The number of ether oxygens (including phenoxy) is 1. The van der Waals surface area contributed by atoms with E-state index in [4.69, 9.17) is 4.74 Å². The van der Waals surface area contributed by atoms with Crippen molar-refractivity contribution in [3.05, 3.63) is 65.4 Å². The molecule has 0 spiro atoms. The van der Waals surface area contributed by atoms with Gasteiger partial charge in [0, 0.05) is 6.20 Å². The van der Waals surface area contributed by atoms with Gasteiger partial charge in [0.05, 0.1) is 0 Å². The zero-order valence-electron chi connectivity index (χ0n) is 16.1. The van der Waals surface area contributed by atoms with Crippen molar-refractivity contribution in [1.82, 2.24) is 15.3 Å². The molecule has 9 heteroatoms. The smallest absolute Gasteiger partial charge is 0.264 e. The molecule has 152 valence electrons. The molecular weight excluding hydrogens is 404 g/mol. The lowest BCUT2D eigenvalue weighted by Gasteiger charge is -2.15. The molecule has 0 amide bonds. The summed E-state index contributed by atoms with van der Waals surface area (Å²) in [6.07, 6.45) is 4.59. The third kappa shape index (κ3) is 3.17. The number of benzene rings is 2. The molecular formula is C21H18N4O4S. The van der Waals surface area contributed by atoms with Gasteiger partial charge in [0.25, 0.3) is 10.0 Å². The zero-order chi connectivity index (χ0) is 20.7. The number of aryl methyl sites for hydroxylation is 1. The van der Waals surface area contributed by atoms with E-state index in [-0.39, 0.29) is 22.0 Å². The Morgan fingerprint density at radius 2 is 1.90 bits per heavy atom. The van der Waals surface area contributed by atoms with Gasteiger partial charge in [-0.2, -0.15) is 0 Å². The molecule has 0 saturated carbocycles. The quantitative estimate of drug-likeness (QED) is 0.518. The van der Waals surface area contributed by atoms with Crippen molar-refractivity contribution in [2.75, 3.05) is 4.72 Å². The summed E-state index contributed by atoms with van der Waals surface area (Å²) in [5.74, 6) is 0.888. The van der Waals surface area contributed by atoms with Crippen LogP contribution in [0.2, 0.25) is 0 Å². The number of anilines is 1. The van der Waals surface area contributed by atoms with Crippen molar-refractivity contribution in [2.24, 2.45) is 0 Å². The van der Waals surface area contributed by atoms with E-state index in [1.54, 1.807) is 30.5 Å². The van der Waals surface area contributed by atoms with Crippen LogP contribution in [0.25, 0.3) is 11.0 Å². The highest BCUT2D eigenvalue weighted by atomic mass is 32.2. The zero-order valence-corrected chi connectivity index (χ0v) is 16.9. The van der Waals surface area contributed by atoms with Gasteiger partial charge in [-0.15, -0.1) is 0 Å². The van der Waals surface area contributed by atoms with Gasteiger partial charge in [-0.25, -0.2) is 18.0 Å². The molecule has 0 atom stereocenters. The van der Waals surface area contributed by atoms with Gasteiger partial charge in [-0.1, -0.05) is 12.1 Å². The van der Waals surface area contributed by atoms with Crippen molar-refractivity contribution in [3.8, 4) is 11.6 Å². The van der Waals surface area contributed by atoms with Gasteiger partial charge in [-0.3, -0.25) is 4.72 Å². The average molecular weight is 422 g/mol. The molecule has 1 N–H and O–H groups in total. The maximum absolute atomic E-state index is 13.0. The van der Waals surface area contributed by atoms with Crippen molar-refractivity contribution < 1.29 is 17.8 Å². The van der Waals surface area contributed by atoms with Crippen LogP contribution >= 0.6 is 0 Å². The molecule has 0 radical (unpaired) electrons. The topological polar surface area (TPSA) is 107 Å². The summed E-state index contributed by atoms with van der Waals surface area (Å²) in [7, 11) is -3.98. The summed E-state index contributed by atoms with van der Waals surface area (Å²) in [6, 6.07) is 11.8. The highest BCUT2D eigenvalue weighted by Gasteiger charge is 2.24. The molecule has 0 unspecified atom stereocenters. The van der Waals surface area contributed by atoms with Crippen LogP contribution in [-0.4, -0.2) is 23.7 Å². The summed E-state index contributed by atoms with van der Waals surface area (Å²) in [5.41, 5.74) is 4.46. The Morgan fingerprint density at radius 3 is 2.80 bits per heavy atom. The fourth-order valence-corrected chi connectivity index (χ4v) is 5.01. The Balaban J connectivity index is 1.51. The molecule has 1 aliphatic rings. The van der Waals surface area contributed by atoms with Gasteiger partial charge in [0.2, 0.25) is 5.88 Å². The summed E-state index contributed by atoms with van der Waals surface area (Å²) in [4.78, 5) is 4.22. The van der Waals surface area contributed by atoms with Crippen LogP contribution in [0, 0.1) is 6.92 Å². The first-order valence-electron chi connectivity index (χ1n) is 9.51. The van der Waals surface area contributed by atoms with E-state index in [1.165, 1.54) is 17.2 Å². The van der Waals surface area contributed by atoms with Gasteiger partial charge in [0.1, 0.15) is 21.8 Å². The summed E-state index contributed by atoms with van der Waals surface area (Å²) < 4.78 is 39.4. The molecule has 0 fully saturated rings. The maximum Gasteiger partial charge on any atom is 0.264 e. The molecule has 0 aliphatic heterocycles. The molecule has 2 aromatic carbocycles. The number of pyridine rings is 1. The van der Waals surface area contributed by atoms with Crippen molar-refractivity contribution >= 4 is 26.7 Å². The van der Waals surface area contributed by atoms with E-state index in [1.807, 2.05) is 12.1 Å². The summed E-state index contributed by atoms with van der Waals surface area (Å²) >= 11 is 0. The summed E-state index contributed by atoms with van der Waals surface area (Å²) in [5, 5.41) is 7.41. The molecule has 2 aromatic heterocycles. The number of aromatic nitrogens is 3. The van der Waals surface area contributed by atoms with Gasteiger partial charge >= 0.3 is 0 Å². The second kappa shape index (κ2) is 7.10. The van der Waals surface area contributed by atoms with E-state index < -0.39 is 10.0 Å². The lowest BCUT2D eigenvalue weighted by Crippen LogP contribution is -2.14. The van der Waals surface area contributed by atoms with Crippen molar-refractivity contribution in [3.63, 3.8) is 0 Å². The minimum atomic E-state index is -3.98. The van der Waals surface area contributed by atoms with E-state index in [9.17, 15) is 8.42 Å². The normalized spacial score (nSPS) is 13.4. The SMILES string of the molecule is Cc1ccc(Oc2ncccc2NS(=O)(=O)c2cccc3nonc23)c2c1CCC2. The average Bonchev–Trinajstić information content (AvgIpc) is 3.41. The standard InChI is InChI=1S/C21H18N4O4S/c1-13-10-11-18(15-6-2-5-14(13)15)28-21-17(8-4-12-22-21)25-30(26,27)19-9-3-7-16-20(19)24-29-23-16/h3-4,7-12,25H,2,5-6H2,1H3. The third-order valence-corrected chi connectivity index (χ3v) is 6.63. The Kier molecular flexibility index (Phi) is 4.39. The Morgan fingerprint density at radius 1 is 1.03 bits per heavy atom. The number of nitrogens with one attached hydrogen (secondary N) is 1. The fraction of sp³-hybridized carbons (Fsp3) is 0.190. The lowest BCUT2D eigenvalue weighted by molar-refractivity contribution is 0.315. The number of sulfonamides is 1. The molecule has 8 nitrogen and oxygen atoms in total. The Labute approximate surface area is 172 Å². The number of nitrogens with zero attached hydrogens (tertiary/aromatic N) is 3. The van der Waals surface area contributed by atoms with E-state index in [0.29, 0.717) is 11.3 Å². The highest BCUT2D eigenvalue weighted by molar-refractivity contribution is 7.93. The minimum absolute atomic E-state index is 0.0349. The van der Waals surface area contributed by atoms with Crippen LogP contribution in [0.15, 0.2) is 58.2 Å². The predicted molar refractivity (Wildman–Crippen MR) is 110 cm³/mol. The van der Waals surface area contributed by atoms with E-state index >= 15 is 0 Å². The van der Waals surface area contributed by atoms with Crippen LogP contribution in [0.3, 0.4) is 0 Å². The molecule has 0 bridgehead atoms. The first kappa shape index (κ1) is 18.6. The van der Waals surface area contributed by atoms with Gasteiger partial charge in [0.15, 0.2) is 5.52 Å². The highest BCUT2D eigenvalue weighted by Crippen LogP contribution is 2.37. The molecule has 2 heterocycles. The Hall–Kier alpha value is -3.46. The van der Waals surface area contributed by atoms with Crippen molar-refractivity contribution in [1.29, 1.82) is 0 Å². The van der Waals surface area contributed by atoms with Crippen LogP contribution in [0.5, 0.6) is 11.6 Å². The molecule has 5 rings (SSSR count). The van der Waals surface area contributed by atoms with Crippen LogP contribution < -0.4 is 9.46 Å². The number of fused-ring (bicyclic) bond motifs is 2. The maximum atomic E-state index is 13.0. The summed E-state index contributed by atoms with van der Waals surface area (Å²) in [6.45, 7) is 2.09. The van der Waals surface area contributed by atoms with Crippen LogP contribution in [-0.2, 0) is 22.9 Å². The minimum Gasteiger partial charge on any atom is -0.437 e. The molecule has 4 aromatic rings. The fourth-order valence-electron chi connectivity index (χ4n) is 3.80. The lowest BCUT2D eigenvalue weighted by atomic mass is 10.0. The monoisotopic (exact) mass is 422 g/mol. The van der Waals surface area contributed by atoms with E-state index in [0.717, 1.165) is 24.8 Å². The van der Waals surface area contributed by atoms with Gasteiger partial charge in [-0.05, 0) is 83.5 Å². The van der Waals surface area contributed by atoms with E-state index in [2.05, 4.69) is 31.6 Å². The number of hydrogen-bond donors (Lipinski definition) is 1. The first-order chi connectivity index (χ1) is 14.5. The Bertz CT molecular complexity index is 1360. The number of hydrogen-bond acceptors (Lipinski definition) is 7. The predicted octanol–water partition coefficient (Wildman–Crippen LogP) is 4.01. The second-order valence-electron chi connectivity index (χ2n) is 7.14. The third-order valence-electron chi connectivity index (χ3n) is 5.24. The second-order valence-corrected chi connectivity index (χ2v) is 8.79. The van der Waals surface area contributed by atoms with Gasteiger partial charge < -0.3 is 4.74 Å². The largest absolute Gasteiger partial charge is 0.437 e. The van der Waals surface area contributed by atoms with Crippen LogP contribution in [0.4, 0.5) is 5.69 Å². The molecule has 0 saturated heterocycles. The first-order valence-corrected chi connectivity index (χ1v) is 11.0. The molecule has 30 heavy (non-hydrogen) atoms.